The van der Waals surface area contributed by atoms with Gasteiger partial charge >= 0.3 is 0 Å². The lowest BCUT2D eigenvalue weighted by Crippen LogP contribution is -2.40. The van der Waals surface area contributed by atoms with Crippen molar-refractivity contribution in [3.63, 3.8) is 0 Å². The molecule has 29 heavy (non-hydrogen) atoms. The van der Waals surface area contributed by atoms with E-state index in [0.29, 0.717) is 37.4 Å². The summed E-state index contributed by atoms with van der Waals surface area (Å²) < 4.78 is 40.5. The first kappa shape index (κ1) is 21.5. The number of aryl methyl sites for hydroxylation is 1. The molecule has 1 N–H and O–H groups in total. The highest BCUT2D eigenvalue weighted by molar-refractivity contribution is 7.89. The van der Waals surface area contributed by atoms with Crippen LogP contribution in [0, 0.1) is 18.7 Å². The van der Waals surface area contributed by atoms with Crippen LogP contribution in [0.5, 0.6) is 0 Å². The number of sulfonamides is 1. The van der Waals surface area contributed by atoms with E-state index in [1.165, 1.54) is 12.1 Å². The molecule has 0 spiro atoms. The van der Waals surface area contributed by atoms with E-state index in [4.69, 9.17) is 0 Å². The van der Waals surface area contributed by atoms with E-state index in [2.05, 4.69) is 5.32 Å². The Labute approximate surface area is 172 Å². The second-order valence-corrected chi connectivity index (χ2v) is 9.49. The van der Waals surface area contributed by atoms with Gasteiger partial charge in [0.1, 0.15) is 5.82 Å². The Morgan fingerprint density at radius 1 is 1.17 bits per heavy atom. The van der Waals surface area contributed by atoms with Crippen LogP contribution in [0.15, 0.2) is 53.4 Å². The van der Waals surface area contributed by atoms with Gasteiger partial charge in [0.2, 0.25) is 15.9 Å². The smallest absolute Gasteiger partial charge is 0.243 e. The molecule has 1 atom stereocenters. The summed E-state index contributed by atoms with van der Waals surface area (Å²) in [6.45, 7) is 3.13. The fourth-order valence-corrected chi connectivity index (χ4v) is 5.47. The monoisotopic (exact) mass is 418 g/mol. The molecule has 1 aliphatic heterocycles. The molecule has 7 heteroatoms. The zero-order chi connectivity index (χ0) is 20.9. The molecule has 1 aliphatic rings. The number of rotatable bonds is 7. The molecule has 0 radical (unpaired) electrons. The third-order valence-corrected chi connectivity index (χ3v) is 7.40. The molecule has 156 valence electrons. The number of nitrogens with one attached hydrogen (secondary N) is 1. The van der Waals surface area contributed by atoms with Gasteiger partial charge in [-0.15, -0.1) is 0 Å². The van der Waals surface area contributed by atoms with E-state index in [9.17, 15) is 17.6 Å². The van der Waals surface area contributed by atoms with E-state index in [-0.39, 0.29) is 17.6 Å². The van der Waals surface area contributed by atoms with Gasteiger partial charge in [-0.1, -0.05) is 30.3 Å². The number of hydrogen-bond acceptors (Lipinski definition) is 3. The van der Waals surface area contributed by atoms with Gasteiger partial charge in [0.05, 0.1) is 4.90 Å². The Bertz CT molecular complexity index is 945. The van der Waals surface area contributed by atoms with Crippen molar-refractivity contribution in [1.29, 1.82) is 0 Å². The molecule has 1 fully saturated rings. The van der Waals surface area contributed by atoms with Crippen LogP contribution in [0.2, 0.25) is 0 Å². The van der Waals surface area contributed by atoms with E-state index < -0.39 is 10.0 Å². The Morgan fingerprint density at radius 2 is 1.90 bits per heavy atom. The number of nitrogens with zero attached hydrogens (tertiary/aromatic N) is 1. The van der Waals surface area contributed by atoms with Gasteiger partial charge in [0.15, 0.2) is 0 Å². The third kappa shape index (κ3) is 5.64. The van der Waals surface area contributed by atoms with Crippen molar-refractivity contribution in [3.05, 3.63) is 65.5 Å². The number of amides is 1. The van der Waals surface area contributed by atoms with E-state index in [1.807, 2.05) is 6.07 Å². The Kier molecular flexibility index (Phi) is 7.03. The minimum atomic E-state index is -3.51. The maximum Gasteiger partial charge on any atom is 0.243 e. The SMILES string of the molecule is Cc1ccccc1S(=O)(=O)N1CCCC(CCC(=O)NCc2ccc(F)cc2)C1. The average molecular weight is 419 g/mol. The molecular weight excluding hydrogens is 391 g/mol. The van der Waals surface area contributed by atoms with Crippen LogP contribution >= 0.6 is 0 Å². The van der Waals surface area contributed by atoms with Crippen LogP contribution in [0.1, 0.15) is 36.8 Å². The molecule has 3 rings (SSSR count). The van der Waals surface area contributed by atoms with Gasteiger partial charge in [0.25, 0.3) is 0 Å². The van der Waals surface area contributed by atoms with Crippen molar-refractivity contribution >= 4 is 15.9 Å². The summed E-state index contributed by atoms with van der Waals surface area (Å²) in [4.78, 5) is 12.5. The molecule has 0 aromatic heterocycles. The molecular formula is C22H27FN2O3S. The summed E-state index contributed by atoms with van der Waals surface area (Å²) in [5, 5.41) is 2.84. The number of carbonyl (C=O) groups excluding carboxylic acids is 1. The Morgan fingerprint density at radius 3 is 2.62 bits per heavy atom. The normalized spacial score (nSPS) is 17.8. The molecule has 1 amide bonds. The van der Waals surface area contributed by atoms with Gasteiger partial charge in [-0.3, -0.25) is 4.79 Å². The summed E-state index contributed by atoms with van der Waals surface area (Å²) >= 11 is 0. The second-order valence-electron chi connectivity index (χ2n) is 7.58. The van der Waals surface area contributed by atoms with Crippen molar-refractivity contribution in [2.75, 3.05) is 13.1 Å². The standard InChI is InChI=1S/C22H27FN2O3S/c1-17-5-2-3-7-21(17)29(27,28)25-14-4-6-19(16-25)10-13-22(26)24-15-18-8-11-20(23)12-9-18/h2-3,5,7-9,11-12,19H,4,6,10,13-16H2,1H3,(H,24,26). The first-order valence-electron chi connectivity index (χ1n) is 9.93. The summed E-state index contributed by atoms with van der Waals surface area (Å²) in [6, 6.07) is 13.1. The molecule has 1 heterocycles. The maximum absolute atomic E-state index is 13.0. The molecule has 0 aliphatic carbocycles. The number of piperidine rings is 1. The highest BCUT2D eigenvalue weighted by Crippen LogP contribution is 2.27. The highest BCUT2D eigenvalue weighted by atomic mass is 32.2. The molecule has 0 saturated carbocycles. The van der Waals surface area contributed by atoms with Gasteiger partial charge in [-0.25, -0.2) is 12.8 Å². The lowest BCUT2D eigenvalue weighted by molar-refractivity contribution is -0.121. The van der Waals surface area contributed by atoms with Crippen LogP contribution in [-0.2, 0) is 21.4 Å². The van der Waals surface area contributed by atoms with Gasteiger partial charge in [0, 0.05) is 26.1 Å². The van der Waals surface area contributed by atoms with Crippen LogP contribution in [0.4, 0.5) is 4.39 Å². The zero-order valence-corrected chi connectivity index (χ0v) is 17.4. The first-order chi connectivity index (χ1) is 13.9. The van der Waals surface area contributed by atoms with Crippen molar-refractivity contribution in [2.45, 2.75) is 44.0 Å². The number of benzene rings is 2. The van der Waals surface area contributed by atoms with Gasteiger partial charge < -0.3 is 5.32 Å². The molecule has 5 nitrogen and oxygen atoms in total. The Hall–Kier alpha value is -2.25. The predicted molar refractivity (Wildman–Crippen MR) is 110 cm³/mol. The van der Waals surface area contributed by atoms with E-state index in [0.717, 1.165) is 24.0 Å². The fraction of sp³-hybridized carbons (Fsp3) is 0.409. The quantitative estimate of drug-likeness (QED) is 0.747. The van der Waals surface area contributed by atoms with Crippen molar-refractivity contribution in [3.8, 4) is 0 Å². The van der Waals surface area contributed by atoms with E-state index >= 15 is 0 Å². The van der Waals surface area contributed by atoms with Crippen LogP contribution in [0.25, 0.3) is 0 Å². The lowest BCUT2D eigenvalue weighted by Gasteiger charge is -2.32. The molecule has 2 aromatic rings. The largest absolute Gasteiger partial charge is 0.352 e. The Balaban J connectivity index is 1.51. The number of carbonyl (C=O) groups is 1. The van der Waals surface area contributed by atoms with Gasteiger partial charge in [-0.05, 0) is 61.4 Å². The summed E-state index contributed by atoms with van der Waals surface area (Å²) in [5.41, 5.74) is 1.59. The topological polar surface area (TPSA) is 66.5 Å². The summed E-state index contributed by atoms with van der Waals surface area (Å²) in [5.74, 6) is -0.213. The second kappa shape index (κ2) is 9.50. The maximum atomic E-state index is 13.0. The first-order valence-corrected chi connectivity index (χ1v) is 11.4. The lowest BCUT2D eigenvalue weighted by atomic mass is 9.94. The van der Waals surface area contributed by atoms with Gasteiger partial charge in [-0.2, -0.15) is 4.31 Å². The number of halogens is 1. The predicted octanol–water partition coefficient (Wildman–Crippen LogP) is 3.63. The van der Waals surface area contributed by atoms with Crippen molar-refractivity contribution in [1.82, 2.24) is 9.62 Å². The number of hydrogen-bond donors (Lipinski definition) is 1. The van der Waals surface area contributed by atoms with Crippen molar-refractivity contribution in [2.24, 2.45) is 5.92 Å². The summed E-state index contributed by atoms with van der Waals surface area (Å²) in [7, 11) is -3.51. The molecule has 2 aromatic carbocycles. The minimum Gasteiger partial charge on any atom is -0.352 e. The molecule has 1 saturated heterocycles. The highest BCUT2D eigenvalue weighted by Gasteiger charge is 2.31. The van der Waals surface area contributed by atoms with Crippen LogP contribution in [0.3, 0.4) is 0 Å². The van der Waals surface area contributed by atoms with Crippen LogP contribution < -0.4 is 5.32 Å². The molecule has 1 unspecified atom stereocenters. The van der Waals surface area contributed by atoms with Crippen molar-refractivity contribution < 1.29 is 17.6 Å². The van der Waals surface area contributed by atoms with Crippen LogP contribution in [-0.4, -0.2) is 31.7 Å². The zero-order valence-electron chi connectivity index (χ0n) is 16.6. The third-order valence-electron chi connectivity index (χ3n) is 5.38. The fourth-order valence-electron chi connectivity index (χ4n) is 3.69. The summed E-state index contributed by atoms with van der Waals surface area (Å²) in [6.07, 6.45) is 2.72. The average Bonchev–Trinajstić information content (AvgIpc) is 2.72. The minimum absolute atomic E-state index is 0.0757. The molecule has 0 bridgehead atoms. The van der Waals surface area contributed by atoms with E-state index in [1.54, 1.807) is 41.6 Å².